The van der Waals surface area contributed by atoms with E-state index in [0.29, 0.717) is 6.54 Å². The third kappa shape index (κ3) is 3.34. The van der Waals surface area contributed by atoms with Crippen molar-refractivity contribution in [2.75, 3.05) is 11.4 Å². The summed E-state index contributed by atoms with van der Waals surface area (Å²) in [6.07, 6.45) is 0. The lowest BCUT2D eigenvalue weighted by Gasteiger charge is -2.22. The summed E-state index contributed by atoms with van der Waals surface area (Å²) in [5, 5.41) is 0. The van der Waals surface area contributed by atoms with Gasteiger partial charge in [-0.05, 0) is 41.6 Å². The molecule has 15 heavy (non-hydrogen) atoms. The number of para-hydroxylation sites is 1. The van der Waals surface area contributed by atoms with E-state index in [0.717, 1.165) is 14.8 Å². The summed E-state index contributed by atoms with van der Waals surface area (Å²) in [6.45, 7) is 7.91. The molecule has 80 valence electrons. The van der Waals surface area contributed by atoms with Crippen LogP contribution in [0.5, 0.6) is 0 Å². The minimum absolute atomic E-state index is 0.0436. The van der Waals surface area contributed by atoms with Gasteiger partial charge in [0.15, 0.2) is 0 Å². The predicted octanol–water partition coefficient (Wildman–Crippen LogP) is 3.22. The molecule has 0 bridgehead atoms. The average molecular weight is 315 g/mol. The Morgan fingerprint density at radius 3 is 2.47 bits per heavy atom. The summed E-state index contributed by atoms with van der Waals surface area (Å²) in [4.78, 5) is 13.3. The van der Waals surface area contributed by atoms with E-state index in [4.69, 9.17) is 0 Å². The van der Waals surface area contributed by atoms with E-state index in [1.807, 2.05) is 31.2 Å². The molecule has 0 fully saturated rings. The Kier molecular flexibility index (Phi) is 4.32. The Morgan fingerprint density at radius 1 is 1.40 bits per heavy atom. The van der Waals surface area contributed by atoms with E-state index in [1.54, 1.807) is 11.8 Å². The summed E-state index contributed by atoms with van der Waals surface area (Å²) in [7, 11) is 0. The van der Waals surface area contributed by atoms with Crippen molar-refractivity contribution in [3.63, 3.8) is 0 Å². The van der Waals surface area contributed by atoms with Crippen LogP contribution in [0, 0.1) is 3.57 Å². The normalized spacial score (nSPS) is 9.80. The summed E-state index contributed by atoms with van der Waals surface area (Å²) in [5.74, 6) is 0.0436. The first-order chi connectivity index (χ1) is 7.02. The quantitative estimate of drug-likeness (QED) is 0.619. The molecule has 1 aromatic carbocycles. The molecule has 0 spiro atoms. The van der Waals surface area contributed by atoms with Crippen molar-refractivity contribution in [1.82, 2.24) is 0 Å². The van der Waals surface area contributed by atoms with Crippen LogP contribution < -0.4 is 4.90 Å². The highest BCUT2D eigenvalue weighted by molar-refractivity contribution is 14.1. The standard InChI is InChI=1S/C12H14INO/c1-9(2)8-14(10(3)15)12-7-5-4-6-11(12)13/h4-7H,1,8H2,2-3H3. The third-order valence-electron chi connectivity index (χ3n) is 1.95. The number of anilines is 1. The fourth-order valence-electron chi connectivity index (χ4n) is 1.31. The SMILES string of the molecule is C=C(C)CN(C(C)=O)c1ccccc1I. The maximum absolute atomic E-state index is 11.5. The van der Waals surface area contributed by atoms with Crippen LogP contribution in [0.15, 0.2) is 36.4 Å². The van der Waals surface area contributed by atoms with Crippen LogP contribution >= 0.6 is 22.6 Å². The second kappa shape index (κ2) is 5.30. The highest BCUT2D eigenvalue weighted by Gasteiger charge is 2.13. The maximum atomic E-state index is 11.5. The zero-order valence-corrected chi connectivity index (χ0v) is 11.1. The minimum atomic E-state index is 0.0436. The number of hydrogen-bond acceptors (Lipinski definition) is 1. The van der Waals surface area contributed by atoms with Gasteiger partial charge in [0.25, 0.3) is 0 Å². The topological polar surface area (TPSA) is 20.3 Å². The lowest BCUT2D eigenvalue weighted by Crippen LogP contribution is -2.30. The number of halogens is 1. The van der Waals surface area contributed by atoms with Gasteiger partial charge in [-0.1, -0.05) is 24.3 Å². The molecule has 1 rings (SSSR count). The largest absolute Gasteiger partial charge is 0.308 e. The van der Waals surface area contributed by atoms with Gasteiger partial charge < -0.3 is 4.90 Å². The summed E-state index contributed by atoms with van der Waals surface area (Å²) >= 11 is 2.23. The molecule has 0 heterocycles. The van der Waals surface area contributed by atoms with Crippen molar-refractivity contribution >= 4 is 34.2 Å². The monoisotopic (exact) mass is 315 g/mol. The minimum Gasteiger partial charge on any atom is -0.308 e. The van der Waals surface area contributed by atoms with Crippen LogP contribution in [-0.4, -0.2) is 12.5 Å². The molecule has 0 N–H and O–H groups in total. The molecule has 0 aliphatic rings. The molecule has 0 aliphatic carbocycles. The van der Waals surface area contributed by atoms with E-state index in [1.165, 1.54) is 0 Å². The highest BCUT2D eigenvalue weighted by atomic mass is 127. The molecule has 0 unspecified atom stereocenters. The van der Waals surface area contributed by atoms with Gasteiger partial charge in [0.1, 0.15) is 0 Å². The van der Waals surface area contributed by atoms with E-state index in [9.17, 15) is 4.79 Å². The molecule has 0 saturated heterocycles. The van der Waals surface area contributed by atoms with Crippen molar-refractivity contribution in [3.8, 4) is 0 Å². The van der Waals surface area contributed by atoms with Crippen LogP contribution in [0.4, 0.5) is 5.69 Å². The van der Waals surface area contributed by atoms with E-state index in [2.05, 4.69) is 29.2 Å². The van der Waals surface area contributed by atoms with Crippen LogP contribution in [0.25, 0.3) is 0 Å². The molecule has 1 aromatic rings. The molecule has 0 aliphatic heterocycles. The second-order valence-corrected chi connectivity index (χ2v) is 4.68. The van der Waals surface area contributed by atoms with Crippen LogP contribution in [0.1, 0.15) is 13.8 Å². The van der Waals surface area contributed by atoms with Gasteiger partial charge >= 0.3 is 0 Å². The first-order valence-corrected chi connectivity index (χ1v) is 5.77. The molecular formula is C12H14INO. The van der Waals surface area contributed by atoms with Gasteiger partial charge in [0, 0.05) is 17.0 Å². The van der Waals surface area contributed by atoms with Gasteiger partial charge in [-0.25, -0.2) is 0 Å². The number of amides is 1. The van der Waals surface area contributed by atoms with Crippen molar-refractivity contribution < 1.29 is 4.79 Å². The van der Waals surface area contributed by atoms with Crippen molar-refractivity contribution in [2.45, 2.75) is 13.8 Å². The van der Waals surface area contributed by atoms with E-state index < -0.39 is 0 Å². The average Bonchev–Trinajstić information content (AvgIpc) is 2.15. The zero-order chi connectivity index (χ0) is 11.4. The Balaban J connectivity index is 3.04. The number of carbonyl (C=O) groups is 1. The van der Waals surface area contributed by atoms with Gasteiger partial charge in [-0.15, -0.1) is 0 Å². The first kappa shape index (κ1) is 12.2. The Bertz CT molecular complexity index is 387. The van der Waals surface area contributed by atoms with Crippen LogP contribution in [0.2, 0.25) is 0 Å². The highest BCUT2D eigenvalue weighted by Crippen LogP contribution is 2.22. The molecule has 2 nitrogen and oxygen atoms in total. The van der Waals surface area contributed by atoms with E-state index >= 15 is 0 Å². The first-order valence-electron chi connectivity index (χ1n) is 4.69. The number of rotatable bonds is 3. The number of benzene rings is 1. The summed E-state index contributed by atoms with van der Waals surface area (Å²) in [5.41, 5.74) is 1.93. The number of hydrogen-bond donors (Lipinski definition) is 0. The Labute approximate surface area is 104 Å². The summed E-state index contributed by atoms with van der Waals surface area (Å²) in [6, 6.07) is 7.84. The molecule has 0 aromatic heterocycles. The zero-order valence-electron chi connectivity index (χ0n) is 8.96. The molecular weight excluding hydrogens is 301 g/mol. The van der Waals surface area contributed by atoms with Gasteiger partial charge in [0.2, 0.25) is 5.91 Å². The van der Waals surface area contributed by atoms with Gasteiger partial charge in [0.05, 0.1) is 5.69 Å². The lowest BCUT2D eigenvalue weighted by atomic mass is 10.2. The van der Waals surface area contributed by atoms with E-state index in [-0.39, 0.29) is 5.91 Å². The van der Waals surface area contributed by atoms with Gasteiger partial charge in [-0.3, -0.25) is 4.79 Å². The molecule has 0 saturated carbocycles. The number of carbonyl (C=O) groups excluding carboxylic acids is 1. The third-order valence-corrected chi connectivity index (χ3v) is 2.86. The number of nitrogens with zero attached hydrogens (tertiary/aromatic N) is 1. The van der Waals surface area contributed by atoms with Crippen LogP contribution in [0.3, 0.4) is 0 Å². The van der Waals surface area contributed by atoms with Crippen molar-refractivity contribution in [3.05, 3.63) is 40.0 Å². The maximum Gasteiger partial charge on any atom is 0.224 e. The van der Waals surface area contributed by atoms with Crippen molar-refractivity contribution in [1.29, 1.82) is 0 Å². The summed E-state index contributed by atoms with van der Waals surface area (Å²) < 4.78 is 1.08. The van der Waals surface area contributed by atoms with Crippen molar-refractivity contribution in [2.24, 2.45) is 0 Å². The molecule has 0 atom stereocenters. The fraction of sp³-hybridized carbons (Fsp3) is 0.250. The fourth-order valence-corrected chi connectivity index (χ4v) is 1.99. The smallest absolute Gasteiger partial charge is 0.224 e. The van der Waals surface area contributed by atoms with Gasteiger partial charge in [-0.2, -0.15) is 0 Å². The second-order valence-electron chi connectivity index (χ2n) is 3.51. The predicted molar refractivity (Wildman–Crippen MR) is 72.0 cm³/mol. The molecule has 1 amide bonds. The lowest BCUT2D eigenvalue weighted by molar-refractivity contribution is -0.116. The molecule has 0 radical (unpaired) electrons. The molecule has 3 heteroatoms. The Morgan fingerprint density at radius 2 is 2.00 bits per heavy atom. The van der Waals surface area contributed by atoms with Crippen LogP contribution in [-0.2, 0) is 4.79 Å². The Hall–Kier alpha value is -0.840.